The van der Waals surface area contributed by atoms with Gasteiger partial charge in [-0.05, 0) is 37.9 Å². The Morgan fingerprint density at radius 1 is 1.45 bits per heavy atom. The van der Waals surface area contributed by atoms with Gasteiger partial charge in [0.05, 0.1) is 5.56 Å². The Hall–Kier alpha value is -1.56. The zero-order valence-electron chi connectivity index (χ0n) is 11.5. The van der Waals surface area contributed by atoms with Gasteiger partial charge in [-0.2, -0.15) is 4.39 Å². The standard InChI is InChI=1S/C14H19F2N3O/c1-10-3-7-19(8-4-10)9-6-18-14(20)11-2-5-17-13(16)12(11)15/h2,5,10H,3-4,6-9H2,1H3,(H,18,20). The first-order chi connectivity index (χ1) is 9.58. The lowest BCUT2D eigenvalue weighted by Gasteiger charge is -2.30. The fourth-order valence-electron chi connectivity index (χ4n) is 2.30. The van der Waals surface area contributed by atoms with Crippen LogP contribution in [0, 0.1) is 17.7 Å². The molecular weight excluding hydrogens is 264 g/mol. The van der Waals surface area contributed by atoms with Crippen LogP contribution in [0.2, 0.25) is 0 Å². The monoisotopic (exact) mass is 283 g/mol. The molecular formula is C14H19F2N3O. The summed E-state index contributed by atoms with van der Waals surface area (Å²) in [7, 11) is 0. The Kier molecular flexibility index (Phi) is 5.00. The Bertz CT molecular complexity index is 473. The van der Waals surface area contributed by atoms with Crippen LogP contribution >= 0.6 is 0 Å². The van der Waals surface area contributed by atoms with Gasteiger partial charge in [0.15, 0.2) is 5.82 Å². The molecule has 0 atom stereocenters. The maximum absolute atomic E-state index is 13.4. The molecule has 1 N–H and O–H groups in total. The number of amides is 1. The molecule has 0 saturated carbocycles. The Labute approximate surface area is 117 Å². The van der Waals surface area contributed by atoms with E-state index in [9.17, 15) is 13.6 Å². The Morgan fingerprint density at radius 2 is 2.15 bits per heavy atom. The molecule has 1 aliphatic heterocycles. The summed E-state index contributed by atoms with van der Waals surface area (Å²) in [4.78, 5) is 17.2. The van der Waals surface area contributed by atoms with Crippen molar-refractivity contribution in [3.63, 3.8) is 0 Å². The molecule has 0 spiro atoms. The predicted molar refractivity (Wildman–Crippen MR) is 71.3 cm³/mol. The highest BCUT2D eigenvalue weighted by Crippen LogP contribution is 2.15. The van der Waals surface area contributed by atoms with E-state index in [4.69, 9.17) is 0 Å². The molecule has 1 saturated heterocycles. The van der Waals surface area contributed by atoms with Crippen LogP contribution < -0.4 is 5.32 Å². The number of nitrogens with zero attached hydrogens (tertiary/aromatic N) is 2. The minimum absolute atomic E-state index is 0.301. The van der Waals surface area contributed by atoms with Crippen molar-refractivity contribution in [2.24, 2.45) is 5.92 Å². The summed E-state index contributed by atoms with van der Waals surface area (Å²) in [5, 5.41) is 2.61. The largest absolute Gasteiger partial charge is 0.351 e. The van der Waals surface area contributed by atoms with Crippen LogP contribution in [0.25, 0.3) is 0 Å². The van der Waals surface area contributed by atoms with Crippen LogP contribution in [-0.4, -0.2) is 42.0 Å². The normalized spacial score (nSPS) is 17.1. The first kappa shape index (κ1) is 14.8. The first-order valence-electron chi connectivity index (χ1n) is 6.88. The quantitative estimate of drug-likeness (QED) is 0.857. The SMILES string of the molecule is CC1CCN(CCNC(=O)c2ccnc(F)c2F)CC1. The maximum atomic E-state index is 13.4. The number of nitrogens with one attached hydrogen (secondary N) is 1. The highest BCUT2D eigenvalue weighted by atomic mass is 19.2. The van der Waals surface area contributed by atoms with Crippen molar-refractivity contribution in [2.45, 2.75) is 19.8 Å². The molecule has 2 rings (SSSR count). The van der Waals surface area contributed by atoms with Crippen molar-refractivity contribution < 1.29 is 13.6 Å². The zero-order valence-corrected chi connectivity index (χ0v) is 11.5. The summed E-state index contributed by atoms with van der Waals surface area (Å²) in [5.41, 5.74) is -0.301. The number of hydrogen-bond acceptors (Lipinski definition) is 3. The molecule has 1 aliphatic rings. The fourth-order valence-corrected chi connectivity index (χ4v) is 2.30. The molecule has 0 aromatic carbocycles. The van der Waals surface area contributed by atoms with E-state index in [1.807, 2.05) is 0 Å². The molecule has 2 heterocycles. The third-order valence-electron chi connectivity index (χ3n) is 3.68. The zero-order chi connectivity index (χ0) is 14.5. The molecule has 1 aromatic heterocycles. The molecule has 1 amide bonds. The van der Waals surface area contributed by atoms with Crippen LogP contribution in [0.1, 0.15) is 30.1 Å². The number of rotatable bonds is 4. The first-order valence-corrected chi connectivity index (χ1v) is 6.88. The third kappa shape index (κ3) is 3.72. The molecule has 110 valence electrons. The van der Waals surface area contributed by atoms with E-state index in [1.165, 1.54) is 6.07 Å². The average Bonchev–Trinajstić information content (AvgIpc) is 2.44. The van der Waals surface area contributed by atoms with Gasteiger partial charge in [0.1, 0.15) is 0 Å². The van der Waals surface area contributed by atoms with E-state index in [0.717, 1.165) is 44.6 Å². The van der Waals surface area contributed by atoms with E-state index in [1.54, 1.807) is 0 Å². The summed E-state index contributed by atoms with van der Waals surface area (Å²) in [6, 6.07) is 1.18. The summed E-state index contributed by atoms with van der Waals surface area (Å²) >= 11 is 0. The number of likely N-dealkylation sites (tertiary alicyclic amines) is 1. The second-order valence-electron chi connectivity index (χ2n) is 5.24. The van der Waals surface area contributed by atoms with Crippen molar-refractivity contribution in [3.05, 3.63) is 29.6 Å². The molecule has 0 unspecified atom stereocenters. The van der Waals surface area contributed by atoms with Gasteiger partial charge in [-0.15, -0.1) is 0 Å². The van der Waals surface area contributed by atoms with Crippen LogP contribution in [0.4, 0.5) is 8.78 Å². The lowest BCUT2D eigenvalue weighted by molar-refractivity contribution is 0.0939. The van der Waals surface area contributed by atoms with Gasteiger partial charge in [0.2, 0.25) is 5.95 Å². The minimum atomic E-state index is -1.25. The highest BCUT2D eigenvalue weighted by molar-refractivity contribution is 5.94. The topological polar surface area (TPSA) is 45.2 Å². The van der Waals surface area contributed by atoms with Crippen LogP contribution in [0.5, 0.6) is 0 Å². The average molecular weight is 283 g/mol. The lowest BCUT2D eigenvalue weighted by atomic mass is 9.99. The Balaban J connectivity index is 1.79. The molecule has 0 aliphatic carbocycles. The maximum Gasteiger partial charge on any atom is 0.254 e. The molecule has 20 heavy (non-hydrogen) atoms. The van der Waals surface area contributed by atoms with Gasteiger partial charge in [-0.25, -0.2) is 9.37 Å². The van der Waals surface area contributed by atoms with E-state index in [2.05, 4.69) is 22.1 Å². The van der Waals surface area contributed by atoms with Crippen LogP contribution in [-0.2, 0) is 0 Å². The van der Waals surface area contributed by atoms with Crippen molar-refractivity contribution in [1.29, 1.82) is 0 Å². The van der Waals surface area contributed by atoms with Gasteiger partial charge in [0, 0.05) is 19.3 Å². The molecule has 0 bridgehead atoms. The molecule has 6 heteroatoms. The van der Waals surface area contributed by atoms with E-state index in [-0.39, 0.29) is 5.56 Å². The number of carbonyl (C=O) groups excluding carboxylic acids is 1. The van der Waals surface area contributed by atoms with Gasteiger partial charge >= 0.3 is 0 Å². The van der Waals surface area contributed by atoms with Crippen molar-refractivity contribution in [3.8, 4) is 0 Å². The fraction of sp³-hybridized carbons (Fsp3) is 0.571. The van der Waals surface area contributed by atoms with Gasteiger partial charge in [-0.1, -0.05) is 6.92 Å². The van der Waals surface area contributed by atoms with E-state index >= 15 is 0 Å². The number of piperidine rings is 1. The van der Waals surface area contributed by atoms with Gasteiger partial charge in [-0.3, -0.25) is 4.79 Å². The van der Waals surface area contributed by atoms with Crippen molar-refractivity contribution in [1.82, 2.24) is 15.2 Å². The van der Waals surface area contributed by atoms with E-state index < -0.39 is 17.7 Å². The molecule has 0 radical (unpaired) electrons. The molecule has 4 nitrogen and oxygen atoms in total. The summed E-state index contributed by atoms with van der Waals surface area (Å²) in [6.45, 7) is 5.44. The van der Waals surface area contributed by atoms with Crippen molar-refractivity contribution in [2.75, 3.05) is 26.2 Å². The lowest BCUT2D eigenvalue weighted by Crippen LogP contribution is -2.39. The van der Waals surface area contributed by atoms with E-state index in [0.29, 0.717) is 6.54 Å². The number of aromatic nitrogens is 1. The predicted octanol–water partition coefficient (Wildman–Crippen LogP) is 1.82. The minimum Gasteiger partial charge on any atom is -0.351 e. The summed E-state index contributed by atoms with van der Waals surface area (Å²) < 4.78 is 26.3. The second-order valence-corrected chi connectivity index (χ2v) is 5.24. The van der Waals surface area contributed by atoms with Crippen LogP contribution in [0.15, 0.2) is 12.3 Å². The number of halogens is 2. The Morgan fingerprint density at radius 3 is 2.85 bits per heavy atom. The van der Waals surface area contributed by atoms with Crippen molar-refractivity contribution >= 4 is 5.91 Å². The van der Waals surface area contributed by atoms with Gasteiger partial charge in [0.25, 0.3) is 5.91 Å². The van der Waals surface area contributed by atoms with Gasteiger partial charge < -0.3 is 10.2 Å². The second kappa shape index (κ2) is 6.74. The van der Waals surface area contributed by atoms with Crippen LogP contribution in [0.3, 0.4) is 0 Å². The highest BCUT2D eigenvalue weighted by Gasteiger charge is 2.17. The number of hydrogen-bond donors (Lipinski definition) is 1. The summed E-state index contributed by atoms with van der Waals surface area (Å²) in [6.07, 6.45) is 3.41. The third-order valence-corrected chi connectivity index (χ3v) is 3.68. The molecule has 1 fully saturated rings. The number of pyridine rings is 1. The molecule has 1 aromatic rings. The number of carbonyl (C=O) groups is 1. The smallest absolute Gasteiger partial charge is 0.254 e. The summed E-state index contributed by atoms with van der Waals surface area (Å²) in [5.74, 6) is -2.29.